The molecule has 0 aromatic carbocycles. The first-order valence-corrected chi connectivity index (χ1v) is 10.7. The minimum absolute atomic E-state index is 0.152. The molecule has 8 heteroatoms. The second kappa shape index (κ2) is 9.54. The van der Waals surface area contributed by atoms with Crippen molar-refractivity contribution in [3.63, 3.8) is 0 Å². The quantitative estimate of drug-likeness (QED) is 0.578. The highest BCUT2D eigenvalue weighted by Gasteiger charge is 2.23. The average Bonchev–Trinajstić information content (AvgIpc) is 3.21. The lowest BCUT2D eigenvalue weighted by Gasteiger charge is -2.17. The lowest BCUT2D eigenvalue weighted by Crippen LogP contribution is -2.25. The molecule has 2 heterocycles. The summed E-state index contributed by atoms with van der Waals surface area (Å²) in [6, 6.07) is 0. The van der Waals surface area contributed by atoms with Crippen LogP contribution in [-0.2, 0) is 16.0 Å². The van der Waals surface area contributed by atoms with Crippen molar-refractivity contribution in [3.8, 4) is 0 Å². The van der Waals surface area contributed by atoms with E-state index in [0.29, 0.717) is 17.2 Å². The maximum Gasteiger partial charge on any atom is 0.341 e. The number of thioether (sulfide) groups is 1. The van der Waals surface area contributed by atoms with Crippen molar-refractivity contribution in [2.75, 3.05) is 30.8 Å². The van der Waals surface area contributed by atoms with Crippen molar-refractivity contribution in [1.82, 2.24) is 4.90 Å². The van der Waals surface area contributed by atoms with Crippen molar-refractivity contribution in [3.05, 3.63) is 16.0 Å². The van der Waals surface area contributed by atoms with Crippen LogP contribution in [0, 0.1) is 6.92 Å². The van der Waals surface area contributed by atoms with Gasteiger partial charge in [0.05, 0.1) is 17.9 Å². The number of ether oxygens (including phenoxy) is 1. The zero-order valence-electron chi connectivity index (χ0n) is 14.8. The van der Waals surface area contributed by atoms with E-state index >= 15 is 0 Å². The fraction of sp³-hybridized carbons (Fsp3) is 0.588. The van der Waals surface area contributed by atoms with E-state index < -0.39 is 0 Å². The van der Waals surface area contributed by atoms with Crippen LogP contribution < -0.4 is 5.32 Å². The Kier molecular flexibility index (Phi) is 7.71. The molecule has 0 spiro atoms. The Morgan fingerprint density at radius 3 is 2.60 bits per heavy atom. The number of esters is 1. The molecule has 0 unspecified atom stereocenters. The third kappa shape index (κ3) is 5.18. The standard InChI is InChI=1S/C17H24N2O3S3/c1-4-12-11(3)14(16(21)22-5-2)15(25-12)18-13(20)10-24-17(23)19-8-6-7-9-19/h4-10H2,1-3H3,(H,18,20). The molecule has 1 aromatic rings. The first-order valence-electron chi connectivity index (χ1n) is 8.48. The van der Waals surface area contributed by atoms with Gasteiger partial charge in [0.25, 0.3) is 0 Å². The summed E-state index contributed by atoms with van der Waals surface area (Å²) in [4.78, 5) is 27.8. The van der Waals surface area contributed by atoms with Gasteiger partial charge in [-0.05, 0) is 38.7 Å². The Bertz CT molecular complexity index is 652. The molecule has 1 saturated heterocycles. The van der Waals surface area contributed by atoms with E-state index in [2.05, 4.69) is 10.2 Å². The lowest BCUT2D eigenvalue weighted by atomic mass is 10.1. The van der Waals surface area contributed by atoms with E-state index in [1.54, 1.807) is 6.92 Å². The predicted molar refractivity (Wildman–Crippen MR) is 109 cm³/mol. The monoisotopic (exact) mass is 400 g/mol. The molecule has 0 radical (unpaired) electrons. The van der Waals surface area contributed by atoms with E-state index in [0.717, 1.165) is 47.1 Å². The first kappa shape index (κ1) is 20.2. The summed E-state index contributed by atoms with van der Waals surface area (Å²) in [5, 5.41) is 3.45. The Morgan fingerprint density at radius 1 is 1.32 bits per heavy atom. The second-order valence-electron chi connectivity index (χ2n) is 5.73. The van der Waals surface area contributed by atoms with Crippen LogP contribution in [0.3, 0.4) is 0 Å². The van der Waals surface area contributed by atoms with Crippen LogP contribution in [0.4, 0.5) is 5.00 Å². The molecule has 1 fully saturated rings. The number of carbonyl (C=O) groups is 2. The second-order valence-corrected chi connectivity index (χ2v) is 8.44. The van der Waals surface area contributed by atoms with Crippen molar-refractivity contribution in [2.24, 2.45) is 0 Å². The zero-order valence-corrected chi connectivity index (χ0v) is 17.3. The maximum absolute atomic E-state index is 12.3. The largest absolute Gasteiger partial charge is 0.462 e. The lowest BCUT2D eigenvalue weighted by molar-refractivity contribution is -0.113. The molecular formula is C17H24N2O3S3. The van der Waals surface area contributed by atoms with Crippen LogP contribution in [0.15, 0.2) is 0 Å². The van der Waals surface area contributed by atoms with Crippen LogP contribution >= 0.6 is 35.3 Å². The van der Waals surface area contributed by atoms with E-state index in [1.165, 1.54) is 23.1 Å². The molecular weight excluding hydrogens is 376 g/mol. The third-order valence-corrected chi connectivity index (χ3v) is 6.87. The van der Waals surface area contributed by atoms with Gasteiger partial charge < -0.3 is 15.0 Å². The van der Waals surface area contributed by atoms with Crippen LogP contribution in [0.25, 0.3) is 0 Å². The van der Waals surface area contributed by atoms with Gasteiger partial charge in [-0.3, -0.25) is 4.79 Å². The molecule has 138 valence electrons. The van der Waals surface area contributed by atoms with Crippen molar-refractivity contribution < 1.29 is 14.3 Å². The van der Waals surface area contributed by atoms with Crippen LogP contribution in [0.5, 0.6) is 0 Å². The van der Waals surface area contributed by atoms with Gasteiger partial charge in [0.15, 0.2) is 0 Å². The summed E-state index contributed by atoms with van der Waals surface area (Å²) < 4.78 is 5.91. The number of hydrogen-bond donors (Lipinski definition) is 1. The van der Waals surface area contributed by atoms with Crippen LogP contribution in [0.2, 0.25) is 0 Å². The summed E-state index contributed by atoms with van der Waals surface area (Å²) >= 11 is 8.20. The smallest absolute Gasteiger partial charge is 0.341 e. The molecule has 25 heavy (non-hydrogen) atoms. The SMILES string of the molecule is CCOC(=O)c1c(NC(=O)CSC(=S)N2CCCC2)sc(CC)c1C. The highest BCUT2D eigenvalue weighted by molar-refractivity contribution is 8.23. The van der Waals surface area contributed by atoms with Crippen molar-refractivity contribution in [2.45, 2.75) is 40.0 Å². The Morgan fingerprint density at radius 2 is 2.00 bits per heavy atom. The summed E-state index contributed by atoms with van der Waals surface area (Å²) in [5.41, 5.74) is 1.37. The fourth-order valence-corrected chi connectivity index (χ4v) is 4.92. The zero-order chi connectivity index (χ0) is 18.4. The Balaban J connectivity index is 2.01. The number of thiophene rings is 1. The third-order valence-electron chi connectivity index (χ3n) is 3.99. The summed E-state index contributed by atoms with van der Waals surface area (Å²) in [6.07, 6.45) is 3.13. The number of likely N-dealkylation sites (tertiary alicyclic amines) is 1. The number of nitrogens with zero attached hydrogens (tertiary/aromatic N) is 1. The molecule has 0 atom stereocenters. The minimum atomic E-state index is -0.383. The highest BCUT2D eigenvalue weighted by atomic mass is 32.2. The molecule has 1 aliphatic heterocycles. The van der Waals surface area contributed by atoms with Crippen LogP contribution in [0.1, 0.15) is 47.5 Å². The number of carbonyl (C=O) groups excluding carboxylic acids is 2. The molecule has 1 N–H and O–H groups in total. The predicted octanol–water partition coefficient (Wildman–Crippen LogP) is 3.85. The van der Waals surface area contributed by atoms with Gasteiger partial charge in [0, 0.05) is 18.0 Å². The average molecular weight is 401 g/mol. The number of nitrogens with one attached hydrogen (secondary N) is 1. The van der Waals surface area contributed by atoms with Gasteiger partial charge in [-0.15, -0.1) is 11.3 Å². The molecule has 2 rings (SSSR count). The number of amides is 1. The van der Waals surface area contributed by atoms with Gasteiger partial charge in [-0.25, -0.2) is 4.79 Å². The Hall–Kier alpha value is -1.12. The van der Waals surface area contributed by atoms with Crippen LogP contribution in [-0.4, -0.2) is 46.5 Å². The molecule has 0 bridgehead atoms. The number of aryl methyl sites for hydroxylation is 1. The normalized spacial score (nSPS) is 13.8. The topological polar surface area (TPSA) is 58.6 Å². The van der Waals surface area contributed by atoms with E-state index in [-0.39, 0.29) is 17.6 Å². The molecule has 0 saturated carbocycles. The number of thiocarbonyl (C=S) groups is 1. The fourth-order valence-electron chi connectivity index (χ4n) is 2.72. The van der Waals surface area contributed by atoms with Crippen molar-refractivity contribution >= 4 is 56.5 Å². The summed E-state index contributed by atoms with van der Waals surface area (Å²) in [5.74, 6) is -0.289. The molecule has 1 aromatic heterocycles. The van der Waals surface area contributed by atoms with Gasteiger partial charge in [-0.1, -0.05) is 30.9 Å². The first-order chi connectivity index (χ1) is 12.0. The van der Waals surface area contributed by atoms with E-state index in [1.807, 2.05) is 13.8 Å². The van der Waals surface area contributed by atoms with Gasteiger partial charge in [0.2, 0.25) is 5.91 Å². The highest BCUT2D eigenvalue weighted by Crippen LogP contribution is 2.34. The molecule has 5 nitrogen and oxygen atoms in total. The van der Waals surface area contributed by atoms with Gasteiger partial charge >= 0.3 is 5.97 Å². The van der Waals surface area contributed by atoms with Gasteiger partial charge in [-0.2, -0.15) is 0 Å². The number of anilines is 1. The summed E-state index contributed by atoms with van der Waals surface area (Å²) in [7, 11) is 0. The summed E-state index contributed by atoms with van der Waals surface area (Å²) in [6.45, 7) is 7.96. The van der Waals surface area contributed by atoms with Crippen molar-refractivity contribution in [1.29, 1.82) is 0 Å². The van der Waals surface area contributed by atoms with E-state index in [9.17, 15) is 9.59 Å². The van der Waals surface area contributed by atoms with Gasteiger partial charge in [0.1, 0.15) is 9.32 Å². The number of rotatable bonds is 6. The molecule has 0 aliphatic carbocycles. The minimum Gasteiger partial charge on any atom is -0.462 e. The van der Waals surface area contributed by atoms with E-state index in [4.69, 9.17) is 17.0 Å². The molecule has 1 amide bonds. The maximum atomic E-state index is 12.3. The number of hydrogen-bond acceptors (Lipinski definition) is 6. The Labute approximate surface area is 162 Å². The molecule has 1 aliphatic rings.